The zero-order chi connectivity index (χ0) is 20.0. The van der Waals surface area contributed by atoms with Gasteiger partial charge in [0.05, 0.1) is 28.7 Å². The van der Waals surface area contributed by atoms with Gasteiger partial charge < -0.3 is 10.1 Å². The monoisotopic (exact) mass is 416 g/mol. The van der Waals surface area contributed by atoms with Crippen LogP contribution in [0, 0.1) is 5.92 Å². The lowest BCUT2D eigenvalue weighted by molar-refractivity contribution is 0.0730. The van der Waals surface area contributed by atoms with Gasteiger partial charge in [0.1, 0.15) is 0 Å². The first-order valence-corrected chi connectivity index (χ1v) is 11.2. The number of benzene rings is 1. The molecular formula is C19H29ClN2O4S. The van der Waals surface area contributed by atoms with Crippen LogP contribution in [-0.2, 0) is 14.8 Å². The average molecular weight is 417 g/mol. The second-order valence-corrected chi connectivity index (χ2v) is 9.70. The molecule has 152 valence electrons. The molecule has 0 spiro atoms. The second kappa shape index (κ2) is 9.87. The average Bonchev–Trinajstić information content (AvgIpc) is 2.62. The highest BCUT2D eigenvalue weighted by Crippen LogP contribution is 2.24. The molecule has 0 aromatic heterocycles. The summed E-state index contributed by atoms with van der Waals surface area (Å²) >= 11 is 6.17. The molecule has 0 aliphatic carbocycles. The van der Waals surface area contributed by atoms with Crippen molar-refractivity contribution in [3.05, 3.63) is 28.8 Å². The van der Waals surface area contributed by atoms with E-state index in [0.717, 1.165) is 19.3 Å². The van der Waals surface area contributed by atoms with Crippen LogP contribution >= 0.6 is 11.6 Å². The molecule has 0 saturated carbocycles. The summed E-state index contributed by atoms with van der Waals surface area (Å²) in [5.41, 5.74) is 0.182. The van der Waals surface area contributed by atoms with Crippen molar-refractivity contribution >= 4 is 27.5 Å². The van der Waals surface area contributed by atoms with Crippen LogP contribution in [0.1, 0.15) is 50.4 Å². The molecular weight excluding hydrogens is 388 g/mol. The van der Waals surface area contributed by atoms with E-state index in [4.69, 9.17) is 16.3 Å². The van der Waals surface area contributed by atoms with Gasteiger partial charge in [-0.1, -0.05) is 38.3 Å². The molecule has 6 nitrogen and oxygen atoms in total. The lowest BCUT2D eigenvalue weighted by Gasteiger charge is -2.26. The molecule has 1 aliphatic rings. The van der Waals surface area contributed by atoms with Gasteiger partial charge in [0.15, 0.2) is 0 Å². The third-order valence-electron chi connectivity index (χ3n) is 4.59. The first-order valence-electron chi connectivity index (χ1n) is 9.40. The summed E-state index contributed by atoms with van der Waals surface area (Å²) in [6.45, 7) is 7.63. The number of rotatable bonds is 8. The second-order valence-electron chi connectivity index (χ2n) is 7.36. The van der Waals surface area contributed by atoms with Crippen molar-refractivity contribution in [3.8, 4) is 0 Å². The summed E-state index contributed by atoms with van der Waals surface area (Å²) in [5.74, 6) is 0.278. The Morgan fingerprint density at radius 3 is 2.52 bits per heavy atom. The fourth-order valence-corrected chi connectivity index (χ4v) is 4.62. The van der Waals surface area contributed by atoms with Gasteiger partial charge in [-0.05, 0) is 37.5 Å². The number of carbonyl (C=O) groups is 1. The first-order chi connectivity index (χ1) is 12.7. The normalized spacial score (nSPS) is 17.1. The van der Waals surface area contributed by atoms with E-state index in [1.54, 1.807) is 0 Å². The zero-order valence-electron chi connectivity index (χ0n) is 16.2. The van der Waals surface area contributed by atoms with Crippen molar-refractivity contribution in [3.63, 3.8) is 0 Å². The lowest BCUT2D eigenvalue weighted by atomic mass is 10.0. The van der Waals surface area contributed by atoms with E-state index in [-0.39, 0.29) is 27.4 Å². The van der Waals surface area contributed by atoms with Crippen molar-refractivity contribution in [2.75, 3.05) is 26.3 Å². The third-order valence-corrected chi connectivity index (χ3v) is 6.81. The van der Waals surface area contributed by atoms with E-state index in [1.807, 2.05) is 6.92 Å². The number of amides is 1. The number of morpholine rings is 1. The van der Waals surface area contributed by atoms with Crippen molar-refractivity contribution in [1.82, 2.24) is 9.62 Å². The molecule has 1 amide bonds. The van der Waals surface area contributed by atoms with Gasteiger partial charge in [0, 0.05) is 19.1 Å². The maximum Gasteiger partial charge on any atom is 0.253 e. The zero-order valence-corrected chi connectivity index (χ0v) is 17.8. The van der Waals surface area contributed by atoms with Gasteiger partial charge >= 0.3 is 0 Å². The van der Waals surface area contributed by atoms with E-state index in [1.165, 1.54) is 22.5 Å². The summed E-state index contributed by atoms with van der Waals surface area (Å²) in [4.78, 5) is 12.7. The van der Waals surface area contributed by atoms with E-state index >= 15 is 0 Å². The number of halogens is 1. The molecule has 0 bridgehead atoms. The van der Waals surface area contributed by atoms with Gasteiger partial charge in [0.25, 0.3) is 5.91 Å². The Kier molecular flexibility index (Phi) is 8.09. The minimum atomic E-state index is -3.67. The van der Waals surface area contributed by atoms with Crippen LogP contribution in [0.25, 0.3) is 0 Å². The Balaban J connectivity index is 2.10. The molecule has 1 aromatic rings. The SMILES string of the molecule is CC(C)CCCC(C)NC(=O)c1cc(S(=O)(=O)N2CCOCC2)ccc1Cl. The molecule has 2 rings (SSSR count). The van der Waals surface area contributed by atoms with Crippen molar-refractivity contribution in [2.24, 2.45) is 5.92 Å². The van der Waals surface area contributed by atoms with Gasteiger partial charge in [-0.25, -0.2) is 8.42 Å². The van der Waals surface area contributed by atoms with Crippen molar-refractivity contribution < 1.29 is 17.9 Å². The number of nitrogens with zero attached hydrogens (tertiary/aromatic N) is 1. The molecule has 0 radical (unpaired) electrons. The summed E-state index contributed by atoms with van der Waals surface area (Å²) in [6.07, 6.45) is 3.00. The molecule has 1 N–H and O–H groups in total. The highest BCUT2D eigenvalue weighted by atomic mass is 35.5. The highest BCUT2D eigenvalue weighted by molar-refractivity contribution is 7.89. The van der Waals surface area contributed by atoms with Gasteiger partial charge in [-0.15, -0.1) is 0 Å². The van der Waals surface area contributed by atoms with Crippen LogP contribution in [-0.4, -0.2) is 51.0 Å². The number of hydrogen-bond donors (Lipinski definition) is 1. The molecule has 1 aromatic carbocycles. The molecule has 27 heavy (non-hydrogen) atoms. The largest absolute Gasteiger partial charge is 0.379 e. The molecule has 1 saturated heterocycles. The fourth-order valence-electron chi connectivity index (χ4n) is 2.98. The van der Waals surface area contributed by atoms with Crippen molar-refractivity contribution in [2.45, 2.75) is 51.0 Å². The Hall–Kier alpha value is -1.15. The molecule has 1 heterocycles. The third kappa shape index (κ3) is 6.17. The van der Waals surface area contributed by atoms with Crippen LogP contribution in [0.15, 0.2) is 23.1 Å². The quantitative estimate of drug-likeness (QED) is 0.705. The predicted molar refractivity (Wildman–Crippen MR) is 107 cm³/mol. The predicted octanol–water partition coefficient (Wildman–Crippen LogP) is 3.31. The van der Waals surface area contributed by atoms with Gasteiger partial charge in [0.2, 0.25) is 10.0 Å². The van der Waals surface area contributed by atoms with E-state index in [9.17, 15) is 13.2 Å². The van der Waals surface area contributed by atoms with Gasteiger partial charge in [-0.2, -0.15) is 4.31 Å². The van der Waals surface area contributed by atoms with E-state index < -0.39 is 10.0 Å². The topological polar surface area (TPSA) is 75.7 Å². The summed E-state index contributed by atoms with van der Waals surface area (Å²) < 4.78 is 32.2. The number of sulfonamides is 1. The Bertz CT molecular complexity index is 746. The van der Waals surface area contributed by atoms with Crippen LogP contribution in [0.5, 0.6) is 0 Å². The fraction of sp³-hybridized carbons (Fsp3) is 0.632. The van der Waals surface area contributed by atoms with E-state index in [0.29, 0.717) is 32.2 Å². The number of hydrogen-bond acceptors (Lipinski definition) is 4. The number of ether oxygens (including phenoxy) is 1. The minimum absolute atomic E-state index is 0.00757. The van der Waals surface area contributed by atoms with Crippen LogP contribution in [0.2, 0.25) is 5.02 Å². The van der Waals surface area contributed by atoms with Crippen LogP contribution in [0.3, 0.4) is 0 Å². The number of nitrogens with one attached hydrogen (secondary N) is 1. The van der Waals surface area contributed by atoms with Crippen LogP contribution in [0.4, 0.5) is 0 Å². The molecule has 8 heteroatoms. The maximum absolute atomic E-state index is 12.8. The number of carbonyl (C=O) groups excluding carboxylic acids is 1. The first kappa shape index (κ1) is 22.1. The van der Waals surface area contributed by atoms with E-state index in [2.05, 4.69) is 19.2 Å². The smallest absolute Gasteiger partial charge is 0.253 e. The van der Waals surface area contributed by atoms with Crippen molar-refractivity contribution in [1.29, 1.82) is 0 Å². The Morgan fingerprint density at radius 2 is 1.89 bits per heavy atom. The summed E-state index contributed by atoms with van der Waals surface area (Å²) in [5, 5.41) is 3.16. The molecule has 1 unspecified atom stereocenters. The Morgan fingerprint density at radius 1 is 1.22 bits per heavy atom. The van der Waals surface area contributed by atoms with Gasteiger partial charge in [-0.3, -0.25) is 4.79 Å². The standard InChI is InChI=1S/C19H29ClN2O4S/c1-14(2)5-4-6-15(3)21-19(23)17-13-16(7-8-18(17)20)27(24,25)22-9-11-26-12-10-22/h7-8,13-15H,4-6,9-12H2,1-3H3,(H,21,23). The minimum Gasteiger partial charge on any atom is -0.379 e. The van der Waals surface area contributed by atoms with Crippen LogP contribution < -0.4 is 5.32 Å². The maximum atomic E-state index is 12.8. The Labute approximate surface area is 167 Å². The highest BCUT2D eigenvalue weighted by Gasteiger charge is 2.27. The molecule has 1 fully saturated rings. The molecule has 1 aliphatic heterocycles. The summed E-state index contributed by atoms with van der Waals surface area (Å²) in [7, 11) is -3.67. The lowest BCUT2D eigenvalue weighted by Crippen LogP contribution is -2.40. The molecule has 1 atom stereocenters. The summed E-state index contributed by atoms with van der Waals surface area (Å²) in [6, 6.07) is 4.26.